The van der Waals surface area contributed by atoms with E-state index in [0.717, 1.165) is 11.3 Å². The van der Waals surface area contributed by atoms with Gasteiger partial charge in [-0.05, 0) is 12.5 Å². The van der Waals surface area contributed by atoms with Crippen LogP contribution in [0.4, 0.5) is 5.00 Å². The zero-order valence-corrected chi connectivity index (χ0v) is 16.1. The highest BCUT2D eigenvalue weighted by Crippen LogP contribution is 2.34. The van der Waals surface area contributed by atoms with Crippen LogP contribution < -0.4 is 5.32 Å². The Hall–Kier alpha value is -3.21. The molecule has 2 aromatic heterocycles. The van der Waals surface area contributed by atoms with E-state index in [-0.39, 0.29) is 26.9 Å². The molecule has 0 bridgehead atoms. The molecule has 0 atom stereocenters. The van der Waals surface area contributed by atoms with E-state index in [9.17, 15) is 24.3 Å². The third-order valence-electron chi connectivity index (χ3n) is 3.64. The van der Waals surface area contributed by atoms with Gasteiger partial charge < -0.3 is 20.1 Å². The third kappa shape index (κ3) is 3.82. The number of methoxy groups -OCH3 is 1. The predicted molar refractivity (Wildman–Crippen MR) is 96.5 cm³/mol. The topological polar surface area (TPSA) is 131 Å². The predicted octanol–water partition coefficient (Wildman–Crippen LogP) is 1.23. The smallest absolute Gasteiger partial charge is 0.357 e. The number of carbonyl (C=O) groups is 4. The summed E-state index contributed by atoms with van der Waals surface area (Å²) in [4.78, 5) is 49.9. The van der Waals surface area contributed by atoms with Gasteiger partial charge in [-0.1, -0.05) is 0 Å². The van der Waals surface area contributed by atoms with Gasteiger partial charge in [0.15, 0.2) is 5.69 Å². The van der Waals surface area contributed by atoms with E-state index in [1.165, 1.54) is 29.9 Å². The second-order valence-electron chi connectivity index (χ2n) is 5.78. The number of nitrogens with one attached hydrogen (secondary N) is 1. The Morgan fingerprint density at radius 1 is 1.30 bits per heavy atom. The third-order valence-corrected chi connectivity index (χ3v) is 4.84. The quantitative estimate of drug-likeness (QED) is 0.729. The molecule has 0 aliphatic carbocycles. The Morgan fingerprint density at radius 2 is 1.93 bits per heavy atom. The minimum absolute atomic E-state index is 0.0433. The van der Waals surface area contributed by atoms with Crippen molar-refractivity contribution in [3.05, 3.63) is 33.5 Å². The summed E-state index contributed by atoms with van der Waals surface area (Å²) in [7, 11) is 5.78. The van der Waals surface area contributed by atoms with Gasteiger partial charge in [-0.25, -0.2) is 9.59 Å². The summed E-state index contributed by atoms with van der Waals surface area (Å²) < 4.78 is 5.94. The zero-order chi connectivity index (χ0) is 20.5. The number of nitrogens with zero attached hydrogens (tertiary/aromatic N) is 3. The van der Waals surface area contributed by atoms with Gasteiger partial charge in [-0.15, -0.1) is 11.3 Å². The van der Waals surface area contributed by atoms with Gasteiger partial charge in [0.1, 0.15) is 5.00 Å². The van der Waals surface area contributed by atoms with E-state index in [1.54, 1.807) is 21.0 Å². The summed E-state index contributed by atoms with van der Waals surface area (Å²) in [5.74, 6) is -3.19. The lowest BCUT2D eigenvalue weighted by Gasteiger charge is -2.08. The van der Waals surface area contributed by atoms with E-state index >= 15 is 0 Å². The SMILES string of the molecule is COC(=O)c1c(NC(=O)c2cn(C)nc2C(=O)O)sc(C(=O)N(C)C)c1C. The molecule has 2 aromatic rings. The molecule has 11 heteroatoms. The summed E-state index contributed by atoms with van der Waals surface area (Å²) in [5.41, 5.74) is -0.188. The highest BCUT2D eigenvalue weighted by atomic mass is 32.1. The Morgan fingerprint density at radius 3 is 2.44 bits per heavy atom. The zero-order valence-electron chi connectivity index (χ0n) is 15.3. The van der Waals surface area contributed by atoms with Crippen molar-refractivity contribution in [1.82, 2.24) is 14.7 Å². The maximum Gasteiger partial charge on any atom is 0.357 e. The van der Waals surface area contributed by atoms with Crippen LogP contribution in [0.5, 0.6) is 0 Å². The molecule has 0 saturated carbocycles. The normalized spacial score (nSPS) is 10.4. The number of carboxylic acids is 1. The van der Waals surface area contributed by atoms with E-state index in [4.69, 9.17) is 4.74 Å². The van der Waals surface area contributed by atoms with Gasteiger partial charge in [-0.3, -0.25) is 14.3 Å². The number of aryl methyl sites for hydroxylation is 1. The average Bonchev–Trinajstić information content (AvgIpc) is 3.14. The molecular weight excluding hydrogens is 376 g/mol. The lowest BCUT2D eigenvalue weighted by Crippen LogP contribution is -2.21. The number of thiophene rings is 1. The van der Waals surface area contributed by atoms with Gasteiger partial charge >= 0.3 is 11.9 Å². The highest BCUT2D eigenvalue weighted by molar-refractivity contribution is 7.18. The molecule has 2 amide bonds. The number of aromatic nitrogens is 2. The van der Waals surface area contributed by atoms with Crippen LogP contribution in [0.15, 0.2) is 6.20 Å². The molecule has 0 spiro atoms. The number of rotatable bonds is 5. The first-order valence-electron chi connectivity index (χ1n) is 7.60. The summed E-state index contributed by atoms with van der Waals surface area (Å²) >= 11 is 0.912. The molecule has 0 unspecified atom stereocenters. The van der Waals surface area contributed by atoms with Crippen molar-refractivity contribution in [3.8, 4) is 0 Å². The molecule has 2 N–H and O–H groups in total. The van der Waals surface area contributed by atoms with Crippen molar-refractivity contribution >= 4 is 40.1 Å². The molecule has 0 saturated heterocycles. The Balaban J connectivity index is 2.50. The molecule has 0 fully saturated rings. The Kier molecular flexibility index (Phi) is 5.64. The fourth-order valence-corrected chi connectivity index (χ4v) is 3.55. The molecule has 0 radical (unpaired) electrons. The second kappa shape index (κ2) is 7.58. The molecule has 0 aliphatic rings. The first kappa shape index (κ1) is 20.1. The van der Waals surface area contributed by atoms with Gasteiger partial charge in [0.2, 0.25) is 0 Å². The lowest BCUT2D eigenvalue weighted by molar-refractivity contribution is 0.0600. The van der Waals surface area contributed by atoms with Gasteiger partial charge in [0.25, 0.3) is 11.8 Å². The largest absolute Gasteiger partial charge is 0.476 e. The highest BCUT2D eigenvalue weighted by Gasteiger charge is 2.28. The molecule has 0 aliphatic heterocycles. The van der Waals surface area contributed by atoms with E-state index in [0.29, 0.717) is 5.56 Å². The monoisotopic (exact) mass is 394 g/mol. The maximum atomic E-state index is 12.6. The summed E-state index contributed by atoms with van der Waals surface area (Å²) in [6, 6.07) is 0. The first-order valence-corrected chi connectivity index (χ1v) is 8.41. The van der Waals surface area contributed by atoms with Gasteiger partial charge in [-0.2, -0.15) is 5.10 Å². The molecule has 27 heavy (non-hydrogen) atoms. The number of hydrogen-bond donors (Lipinski definition) is 2. The van der Waals surface area contributed by atoms with Crippen LogP contribution >= 0.6 is 11.3 Å². The Labute approximate surface area is 158 Å². The first-order chi connectivity index (χ1) is 12.6. The number of amides is 2. The summed E-state index contributed by atoms with van der Waals surface area (Å²) in [6.07, 6.45) is 1.25. The minimum atomic E-state index is -1.36. The lowest BCUT2D eigenvalue weighted by atomic mass is 10.1. The fourth-order valence-electron chi connectivity index (χ4n) is 2.34. The molecule has 10 nitrogen and oxygen atoms in total. The molecule has 0 aromatic carbocycles. The molecule has 2 rings (SSSR count). The molecule has 144 valence electrons. The van der Waals surface area contributed by atoms with Gasteiger partial charge in [0.05, 0.1) is 23.1 Å². The summed E-state index contributed by atoms with van der Waals surface area (Å²) in [5, 5.41) is 15.5. The van der Waals surface area contributed by atoms with Crippen molar-refractivity contribution < 1.29 is 29.0 Å². The van der Waals surface area contributed by atoms with Crippen LogP contribution in [0.3, 0.4) is 0 Å². The van der Waals surface area contributed by atoms with Crippen molar-refractivity contribution in [2.75, 3.05) is 26.5 Å². The van der Waals surface area contributed by atoms with E-state index in [1.807, 2.05) is 0 Å². The van der Waals surface area contributed by atoms with E-state index in [2.05, 4.69) is 10.4 Å². The van der Waals surface area contributed by atoms with E-state index < -0.39 is 23.5 Å². The fraction of sp³-hybridized carbons (Fsp3) is 0.312. The van der Waals surface area contributed by atoms with Crippen LogP contribution in [0.25, 0.3) is 0 Å². The standard InChI is InChI=1S/C16H18N4O6S/c1-7-9(16(25)26-5)13(27-11(7)14(22)19(2)3)17-12(21)8-6-20(4)18-10(8)15(23)24/h6H,1-5H3,(H,17,21)(H,23,24). The minimum Gasteiger partial charge on any atom is -0.476 e. The number of esters is 1. The second-order valence-corrected chi connectivity index (χ2v) is 6.80. The summed E-state index contributed by atoms with van der Waals surface area (Å²) in [6.45, 7) is 1.57. The number of carbonyl (C=O) groups excluding carboxylic acids is 3. The van der Waals surface area contributed by atoms with Crippen LogP contribution in [-0.4, -0.2) is 64.7 Å². The number of carboxylic acid groups (broad SMARTS) is 1. The number of hydrogen-bond acceptors (Lipinski definition) is 7. The van der Waals surface area contributed by atoms with Crippen LogP contribution in [0.1, 0.15) is 46.4 Å². The van der Waals surface area contributed by atoms with Crippen molar-refractivity contribution in [3.63, 3.8) is 0 Å². The van der Waals surface area contributed by atoms with Crippen LogP contribution in [-0.2, 0) is 11.8 Å². The van der Waals surface area contributed by atoms with Crippen molar-refractivity contribution in [2.45, 2.75) is 6.92 Å². The number of aromatic carboxylic acids is 1. The maximum absolute atomic E-state index is 12.6. The van der Waals surface area contributed by atoms with Gasteiger partial charge in [0, 0.05) is 27.3 Å². The number of ether oxygens (including phenoxy) is 1. The molecular formula is C16H18N4O6S. The van der Waals surface area contributed by atoms with Crippen LogP contribution in [0.2, 0.25) is 0 Å². The molecule has 2 heterocycles. The average molecular weight is 394 g/mol. The van der Waals surface area contributed by atoms with Crippen molar-refractivity contribution in [2.24, 2.45) is 7.05 Å². The number of anilines is 1. The Bertz CT molecular complexity index is 943. The van der Waals surface area contributed by atoms with Crippen LogP contribution in [0, 0.1) is 6.92 Å². The van der Waals surface area contributed by atoms with Crippen molar-refractivity contribution in [1.29, 1.82) is 0 Å².